The van der Waals surface area contributed by atoms with Gasteiger partial charge in [0, 0.05) is 12.8 Å². The highest BCUT2D eigenvalue weighted by atomic mass is 16.3. The molecule has 0 aliphatic heterocycles. The molecule has 0 aliphatic rings. The quantitative estimate of drug-likeness (QED) is 0.565. The van der Waals surface area contributed by atoms with Crippen LogP contribution in [-0.4, -0.2) is 23.4 Å². The molecule has 0 aromatic heterocycles. The molecular formula is C10H19NO3. The molecule has 0 fully saturated rings. The Balaban J connectivity index is 3.95. The molecule has 3 N–H and O–H groups in total. The summed E-state index contributed by atoms with van der Waals surface area (Å²) in [4.78, 5) is 20.7. The zero-order chi connectivity index (χ0) is 11.0. The normalized spacial score (nSPS) is 14.7. The van der Waals surface area contributed by atoms with Gasteiger partial charge in [-0.2, -0.15) is 0 Å². The van der Waals surface area contributed by atoms with Crippen molar-refractivity contribution in [1.29, 1.82) is 0 Å². The van der Waals surface area contributed by atoms with Crippen molar-refractivity contribution in [3.63, 3.8) is 0 Å². The Morgan fingerprint density at radius 1 is 1.50 bits per heavy atom. The predicted octanol–water partition coefficient (Wildman–Crippen LogP) is 0.618. The molecule has 0 spiro atoms. The lowest BCUT2D eigenvalue weighted by Crippen LogP contribution is -2.22. The number of nitrogens with two attached hydrogens (primary N) is 1. The van der Waals surface area contributed by atoms with E-state index in [0.29, 0.717) is 25.7 Å². The summed E-state index contributed by atoms with van der Waals surface area (Å²) < 4.78 is 0. The maximum absolute atomic E-state index is 10.6. The molecule has 4 nitrogen and oxygen atoms in total. The van der Waals surface area contributed by atoms with Gasteiger partial charge in [-0.25, -0.2) is 0 Å². The van der Waals surface area contributed by atoms with E-state index < -0.39 is 6.10 Å². The SMILES string of the molecule is CCC(O)C(CCC=O)CCC(N)=O. The molecule has 14 heavy (non-hydrogen) atoms. The minimum absolute atomic E-state index is 0.0118. The molecule has 0 saturated carbocycles. The van der Waals surface area contributed by atoms with Crippen LogP contribution in [0.3, 0.4) is 0 Å². The van der Waals surface area contributed by atoms with Crippen LogP contribution in [0.4, 0.5) is 0 Å². The molecule has 2 atom stereocenters. The third kappa shape index (κ3) is 5.70. The molecular weight excluding hydrogens is 182 g/mol. The van der Waals surface area contributed by atoms with E-state index in [-0.39, 0.29) is 18.2 Å². The van der Waals surface area contributed by atoms with E-state index >= 15 is 0 Å². The number of amides is 1. The molecule has 2 unspecified atom stereocenters. The number of aliphatic hydroxyl groups excluding tert-OH is 1. The summed E-state index contributed by atoms with van der Waals surface area (Å²) in [5, 5.41) is 9.59. The van der Waals surface area contributed by atoms with Gasteiger partial charge in [0.1, 0.15) is 6.29 Å². The van der Waals surface area contributed by atoms with Crippen LogP contribution < -0.4 is 5.73 Å². The van der Waals surface area contributed by atoms with E-state index in [0.717, 1.165) is 6.29 Å². The molecule has 0 radical (unpaired) electrons. The fourth-order valence-corrected chi connectivity index (χ4v) is 1.47. The van der Waals surface area contributed by atoms with Crippen molar-refractivity contribution in [2.24, 2.45) is 11.7 Å². The van der Waals surface area contributed by atoms with Gasteiger partial charge in [-0.3, -0.25) is 4.79 Å². The first kappa shape index (κ1) is 13.1. The van der Waals surface area contributed by atoms with Gasteiger partial charge in [-0.1, -0.05) is 6.92 Å². The summed E-state index contributed by atoms with van der Waals surface area (Å²) >= 11 is 0. The number of rotatable bonds is 8. The first-order valence-electron chi connectivity index (χ1n) is 5.01. The van der Waals surface area contributed by atoms with Crippen LogP contribution in [0.25, 0.3) is 0 Å². The van der Waals surface area contributed by atoms with E-state index in [9.17, 15) is 14.7 Å². The van der Waals surface area contributed by atoms with E-state index in [1.165, 1.54) is 0 Å². The van der Waals surface area contributed by atoms with E-state index in [4.69, 9.17) is 5.73 Å². The number of carbonyl (C=O) groups excluding carboxylic acids is 2. The lowest BCUT2D eigenvalue weighted by atomic mass is 9.90. The third-order valence-corrected chi connectivity index (χ3v) is 2.38. The Hall–Kier alpha value is -0.900. The minimum atomic E-state index is -0.436. The van der Waals surface area contributed by atoms with E-state index in [2.05, 4.69) is 0 Å². The number of carbonyl (C=O) groups is 2. The predicted molar refractivity (Wildman–Crippen MR) is 53.5 cm³/mol. The molecule has 82 valence electrons. The van der Waals surface area contributed by atoms with Crippen LogP contribution >= 0.6 is 0 Å². The Bertz CT molecular complexity index is 182. The summed E-state index contributed by atoms with van der Waals surface area (Å²) in [6.45, 7) is 1.88. The van der Waals surface area contributed by atoms with Gasteiger partial charge < -0.3 is 15.6 Å². The highest BCUT2D eigenvalue weighted by Crippen LogP contribution is 2.19. The molecule has 0 rings (SSSR count). The lowest BCUT2D eigenvalue weighted by Gasteiger charge is -2.20. The minimum Gasteiger partial charge on any atom is -0.393 e. The molecule has 0 aromatic rings. The standard InChI is InChI=1S/C10H19NO3/c1-2-9(13)8(4-3-7-12)5-6-10(11)14/h7-9,13H,2-6H2,1H3,(H2,11,14). The third-order valence-electron chi connectivity index (χ3n) is 2.38. The van der Waals surface area contributed by atoms with Gasteiger partial charge in [0.15, 0.2) is 0 Å². The largest absolute Gasteiger partial charge is 0.393 e. The fourth-order valence-electron chi connectivity index (χ4n) is 1.47. The Morgan fingerprint density at radius 2 is 2.14 bits per heavy atom. The summed E-state index contributed by atoms with van der Waals surface area (Å²) in [7, 11) is 0. The van der Waals surface area contributed by atoms with Crippen molar-refractivity contribution in [3.05, 3.63) is 0 Å². The number of aliphatic hydroxyl groups is 1. The number of primary amides is 1. The zero-order valence-electron chi connectivity index (χ0n) is 8.61. The van der Waals surface area contributed by atoms with Gasteiger partial charge in [-0.05, 0) is 25.2 Å². The van der Waals surface area contributed by atoms with Crippen molar-refractivity contribution in [3.8, 4) is 0 Å². The van der Waals surface area contributed by atoms with Crippen LogP contribution in [0.1, 0.15) is 39.0 Å². The summed E-state index contributed by atoms with van der Waals surface area (Å²) in [5.41, 5.74) is 5.02. The van der Waals surface area contributed by atoms with E-state index in [1.54, 1.807) is 0 Å². The highest BCUT2D eigenvalue weighted by Gasteiger charge is 2.17. The average molecular weight is 201 g/mol. The summed E-state index contributed by atoms with van der Waals surface area (Å²) in [6.07, 6.45) is 2.95. The second-order valence-corrected chi connectivity index (χ2v) is 3.48. The molecule has 0 bridgehead atoms. The van der Waals surface area contributed by atoms with Crippen LogP contribution in [0.15, 0.2) is 0 Å². The van der Waals surface area contributed by atoms with Gasteiger partial charge in [-0.15, -0.1) is 0 Å². The number of hydrogen-bond donors (Lipinski definition) is 2. The van der Waals surface area contributed by atoms with Crippen LogP contribution in [0.2, 0.25) is 0 Å². The topological polar surface area (TPSA) is 80.4 Å². The number of hydrogen-bond acceptors (Lipinski definition) is 3. The van der Waals surface area contributed by atoms with Crippen molar-refractivity contribution in [2.45, 2.75) is 45.1 Å². The van der Waals surface area contributed by atoms with Crippen LogP contribution in [-0.2, 0) is 9.59 Å². The van der Waals surface area contributed by atoms with Crippen LogP contribution in [0.5, 0.6) is 0 Å². The highest BCUT2D eigenvalue weighted by molar-refractivity contribution is 5.73. The van der Waals surface area contributed by atoms with Crippen molar-refractivity contribution < 1.29 is 14.7 Å². The monoisotopic (exact) mass is 201 g/mol. The molecule has 0 heterocycles. The lowest BCUT2D eigenvalue weighted by molar-refractivity contribution is -0.118. The first-order chi connectivity index (χ1) is 6.61. The average Bonchev–Trinajstić information content (AvgIpc) is 2.16. The van der Waals surface area contributed by atoms with Gasteiger partial charge in [0.05, 0.1) is 6.10 Å². The van der Waals surface area contributed by atoms with Gasteiger partial charge in [0.2, 0.25) is 5.91 Å². The second kappa shape index (κ2) is 7.50. The summed E-state index contributed by atoms with van der Waals surface area (Å²) in [6, 6.07) is 0. The fraction of sp³-hybridized carbons (Fsp3) is 0.800. The van der Waals surface area contributed by atoms with Crippen LogP contribution in [0, 0.1) is 5.92 Å². The molecule has 0 saturated heterocycles. The molecule has 0 aromatic carbocycles. The van der Waals surface area contributed by atoms with E-state index in [1.807, 2.05) is 6.92 Å². The van der Waals surface area contributed by atoms with Crippen molar-refractivity contribution in [2.75, 3.05) is 0 Å². The van der Waals surface area contributed by atoms with Gasteiger partial charge >= 0.3 is 0 Å². The molecule has 4 heteroatoms. The second-order valence-electron chi connectivity index (χ2n) is 3.48. The maximum atomic E-state index is 10.6. The maximum Gasteiger partial charge on any atom is 0.217 e. The smallest absolute Gasteiger partial charge is 0.217 e. The van der Waals surface area contributed by atoms with Gasteiger partial charge in [0.25, 0.3) is 0 Å². The molecule has 0 aliphatic carbocycles. The zero-order valence-corrected chi connectivity index (χ0v) is 8.61. The molecule has 1 amide bonds. The Kier molecular flexibility index (Phi) is 7.02. The Morgan fingerprint density at radius 3 is 2.57 bits per heavy atom. The first-order valence-corrected chi connectivity index (χ1v) is 5.01. The van der Waals surface area contributed by atoms with Crippen molar-refractivity contribution in [1.82, 2.24) is 0 Å². The Labute approximate surface area is 84.5 Å². The number of aldehydes is 1. The van der Waals surface area contributed by atoms with Crippen molar-refractivity contribution >= 4 is 12.2 Å². The summed E-state index contributed by atoms with van der Waals surface area (Å²) in [5.74, 6) is -0.345.